The maximum atomic E-state index is 5.20. The molecule has 0 aliphatic carbocycles. The van der Waals surface area contributed by atoms with Crippen molar-refractivity contribution in [2.24, 2.45) is 0 Å². The second-order valence-corrected chi connectivity index (χ2v) is 4.56. The zero-order valence-electron chi connectivity index (χ0n) is 10.4. The Labute approximate surface area is 100 Å². The topological polar surface area (TPSA) is 24.1 Å². The minimum absolute atomic E-state index is 0.498. The van der Waals surface area contributed by atoms with E-state index >= 15 is 0 Å². The predicted molar refractivity (Wildman–Crippen MR) is 72.2 cm³/mol. The summed E-state index contributed by atoms with van der Waals surface area (Å²) in [4.78, 5) is 0. The van der Waals surface area contributed by atoms with Crippen molar-refractivity contribution in [2.45, 2.75) is 65.3 Å². The van der Waals surface area contributed by atoms with E-state index < -0.39 is 0 Å². The van der Waals surface area contributed by atoms with Gasteiger partial charge in [0.25, 0.3) is 0 Å². The monoisotopic (exact) mass is 230 g/mol. The summed E-state index contributed by atoms with van der Waals surface area (Å²) in [6, 6.07) is 0.498. The molecule has 0 rings (SSSR count). The van der Waals surface area contributed by atoms with Gasteiger partial charge in [-0.2, -0.15) is 0 Å². The van der Waals surface area contributed by atoms with Crippen LogP contribution in [0, 0.1) is 0 Å². The molecule has 0 amide bonds. The largest absolute Gasteiger partial charge is 0.363 e. The molecule has 0 fully saturated rings. The second-order valence-electron chi connectivity index (χ2n) is 4.15. The van der Waals surface area contributed by atoms with Crippen molar-refractivity contribution < 1.29 is 0 Å². The normalized spacial score (nSPS) is 12.2. The number of rotatable bonds is 8. The Morgan fingerprint density at radius 1 is 1.13 bits per heavy atom. The van der Waals surface area contributed by atoms with Gasteiger partial charge < -0.3 is 10.6 Å². The highest BCUT2D eigenvalue weighted by Gasteiger charge is 2.02. The van der Waals surface area contributed by atoms with Crippen molar-refractivity contribution in [3.05, 3.63) is 0 Å². The quantitative estimate of drug-likeness (QED) is 0.494. The third kappa shape index (κ3) is 9.98. The molecule has 0 aromatic carbocycles. The summed E-state index contributed by atoms with van der Waals surface area (Å²) in [5.74, 6) is 0. The molecule has 1 atom stereocenters. The lowest BCUT2D eigenvalue weighted by Crippen LogP contribution is -2.40. The molecule has 0 aliphatic heterocycles. The van der Waals surface area contributed by atoms with E-state index in [2.05, 4.69) is 31.4 Å². The average Bonchev–Trinajstić information content (AvgIpc) is 2.18. The van der Waals surface area contributed by atoms with E-state index in [1.807, 2.05) is 0 Å². The third-order valence-corrected chi connectivity index (χ3v) is 2.70. The van der Waals surface area contributed by atoms with Crippen molar-refractivity contribution in [3.8, 4) is 0 Å². The Balaban J connectivity index is 3.40. The first-order chi connectivity index (χ1) is 7.20. The van der Waals surface area contributed by atoms with Gasteiger partial charge in [-0.05, 0) is 32.0 Å². The molecule has 90 valence electrons. The van der Waals surface area contributed by atoms with Crippen LogP contribution in [0.5, 0.6) is 0 Å². The van der Waals surface area contributed by atoms with Gasteiger partial charge in [-0.25, -0.2) is 0 Å². The Morgan fingerprint density at radius 2 is 1.80 bits per heavy atom. The molecule has 0 radical (unpaired) electrons. The van der Waals surface area contributed by atoms with Gasteiger partial charge in [0.15, 0.2) is 5.11 Å². The Kier molecular flexibility index (Phi) is 10.0. The molecule has 0 aromatic rings. The van der Waals surface area contributed by atoms with E-state index in [0.29, 0.717) is 6.04 Å². The summed E-state index contributed by atoms with van der Waals surface area (Å²) in [7, 11) is 0. The van der Waals surface area contributed by atoms with Gasteiger partial charge in [-0.15, -0.1) is 0 Å². The zero-order valence-corrected chi connectivity index (χ0v) is 11.3. The minimum atomic E-state index is 0.498. The summed E-state index contributed by atoms with van der Waals surface area (Å²) < 4.78 is 0. The SMILES string of the molecule is CCCCCC(C)NC(=S)NCCCC. The number of hydrogen-bond acceptors (Lipinski definition) is 1. The Morgan fingerprint density at radius 3 is 2.40 bits per heavy atom. The van der Waals surface area contributed by atoms with Gasteiger partial charge in [-0.3, -0.25) is 0 Å². The van der Waals surface area contributed by atoms with Crippen molar-refractivity contribution >= 4 is 17.3 Å². The number of thiocarbonyl (C=S) groups is 1. The molecule has 1 unspecified atom stereocenters. The summed E-state index contributed by atoms with van der Waals surface area (Å²) in [6.45, 7) is 7.61. The Hall–Kier alpha value is -0.310. The zero-order chi connectivity index (χ0) is 11.5. The first-order valence-electron chi connectivity index (χ1n) is 6.25. The van der Waals surface area contributed by atoms with Crippen molar-refractivity contribution in [3.63, 3.8) is 0 Å². The van der Waals surface area contributed by atoms with Crippen LogP contribution in [0.2, 0.25) is 0 Å². The maximum Gasteiger partial charge on any atom is 0.166 e. The van der Waals surface area contributed by atoms with Crippen molar-refractivity contribution in [1.29, 1.82) is 0 Å². The fourth-order valence-electron chi connectivity index (χ4n) is 1.43. The molecule has 0 spiro atoms. The average molecular weight is 230 g/mol. The second kappa shape index (κ2) is 10.2. The lowest BCUT2D eigenvalue weighted by molar-refractivity contribution is 0.550. The summed E-state index contributed by atoms with van der Waals surface area (Å²) >= 11 is 5.20. The van der Waals surface area contributed by atoms with Crippen LogP contribution in [-0.4, -0.2) is 17.7 Å². The molecule has 0 heterocycles. The van der Waals surface area contributed by atoms with Crippen LogP contribution in [0.1, 0.15) is 59.3 Å². The molecule has 0 saturated heterocycles. The molecule has 0 saturated carbocycles. The Bertz CT molecular complexity index is 160. The highest BCUT2D eigenvalue weighted by molar-refractivity contribution is 7.80. The van der Waals surface area contributed by atoms with Crippen LogP contribution < -0.4 is 10.6 Å². The van der Waals surface area contributed by atoms with Crippen LogP contribution in [-0.2, 0) is 0 Å². The molecular formula is C12H26N2S. The smallest absolute Gasteiger partial charge is 0.166 e. The van der Waals surface area contributed by atoms with Crippen LogP contribution in [0.3, 0.4) is 0 Å². The first kappa shape index (κ1) is 14.7. The number of hydrogen-bond donors (Lipinski definition) is 2. The van der Waals surface area contributed by atoms with Gasteiger partial charge >= 0.3 is 0 Å². The van der Waals surface area contributed by atoms with Gasteiger partial charge in [0.2, 0.25) is 0 Å². The molecule has 0 aromatic heterocycles. The van der Waals surface area contributed by atoms with E-state index in [9.17, 15) is 0 Å². The van der Waals surface area contributed by atoms with Crippen molar-refractivity contribution in [1.82, 2.24) is 10.6 Å². The molecule has 0 bridgehead atoms. The van der Waals surface area contributed by atoms with Gasteiger partial charge in [0.1, 0.15) is 0 Å². The van der Waals surface area contributed by atoms with Gasteiger partial charge in [-0.1, -0.05) is 39.5 Å². The molecular weight excluding hydrogens is 204 g/mol. The number of nitrogens with one attached hydrogen (secondary N) is 2. The standard InChI is InChI=1S/C12H26N2S/c1-4-6-8-9-11(3)14-12(15)13-10-7-5-2/h11H,4-10H2,1-3H3,(H2,13,14,15). The molecule has 0 aliphatic rings. The lowest BCUT2D eigenvalue weighted by atomic mass is 10.1. The fraction of sp³-hybridized carbons (Fsp3) is 0.917. The lowest BCUT2D eigenvalue weighted by Gasteiger charge is -2.16. The first-order valence-corrected chi connectivity index (χ1v) is 6.65. The number of unbranched alkanes of at least 4 members (excludes halogenated alkanes) is 3. The molecule has 15 heavy (non-hydrogen) atoms. The molecule has 3 heteroatoms. The third-order valence-electron chi connectivity index (χ3n) is 2.43. The van der Waals surface area contributed by atoms with Gasteiger partial charge in [0, 0.05) is 12.6 Å². The van der Waals surface area contributed by atoms with E-state index in [1.54, 1.807) is 0 Å². The van der Waals surface area contributed by atoms with Crippen LogP contribution in [0.4, 0.5) is 0 Å². The van der Waals surface area contributed by atoms with Gasteiger partial charge in [0.05, 0.1) is 0 Å². The highest BCUT2D eigenvalue weighted by Crippen LogP contribution is 2.02. The van der Waals surface area contributed by atoms with Crippen LogP contribution in [0.25, 0.3) is 0 Å². The predicted octanol–water partition coefficient (Wildman–Crippen LogP) is 3.22. The molecule has 2 N–H and O–H groups in total. The minimum Gasteiger partial charge on any atom is -0.363 e. The van der Waals surface area contributed by atoms with E-state index in [0.717, 1.165) is 11.7 Å². The van der Waals surface area contributed by atoms with Crippen molar-refractivity contribution in [2.75, 3.05) is 6.54 Å². The van der Waals surface area contributed by atoms with Crippen LogP contribution >= 0.6 is 12.2 Å². The maximum absolute atomic E-state index is 5.20. The van der Waals surface area contributed by atoms with E-state index in [-0.39, 0.29) is 0 Å². The summed E-state index contributed by atoms with van der Waals surface area (Å²) in [6.07, 6.45) is 7.51. The van der Waals surface area contributed by atoms with E-state index in [1.165, 1.54) is 38.5 Å². The highest BCUT2D eigenvalue weighted by atomic mass is 32.1. The molecule has 2 nitrogen and oxygen atoms in total. The summed E-state index contributed by atoms with van der Waals surface area (Å²) in [5.41, 5.74) is 0. The fourth-order valence-corrected chi connectivity index (χ4v) is 1.73. The van der Waals surface area contributed by atoms with E-state index in [4.69, 9.17) is 12.2 Å². The van der Waals surface area contributed by atoms with Crippen LogP contribution in [0.15, 0.2) is 0 Å². The summed E-state index contributed by atoms with van der Waals surface area (Å²) in [5, 5.41) is 7.36.